The van der Waals surface area contributed by atoms with Crippen LogP contribution in [-0.2, 0) is 22.9 Å². The second kappa shape index (κ2) is 5.89. The third-order valence-corrected chi connectivity index (χ3v) is 5.39. The molecule has 2 saturated heterocycles. The molecule has 2 fully saturated rings. The van der Waals surface area contributed by atoms with Gasteiger partial charge in [0.25, 0.3) is 5.56 Å². The molecule has 0 bridgehead atoms. The van der Waals surface area contributed by atoms with Crippen molar-refractivity contribution < 1.29 is 27.3 Å². The van der Waals surface area contributed by atoms with E-state index in [2.05, 4.69) is 0 Å². The maximum absolute atomic E-state index is 15.3. The lowest BCUT2D eigenvalue weighted by Crippen LogP contribution is -2.46. The Bertz CT molecular complexity index is 789. The lowest BCUT2D eigenvalue weighted by atomic mass is 9.98. The van der Waals surface area contributed by atoms with Crippen LogP contribution in [0.5, 0.6) is 0 Å². The molecular formula is C13H18FN2O7P. The summed E-state index contributed by atoms with van der Waals surface area (Å²) in [5.41, 5.74) is -3.63. The highest BCUT2D eigenvalue weighted by Gasteiger charge is 2.61. The minimum absolute atomic E-state index is 0.206. The smallest absolute Gasteiger partial charge is 0.346 e. The van der Waals surface area contributed by atoms with Gasteiger partial charge in [0.2, 0.25) is 0 Å². The minimum atomic E-state index is -3.92. The quantitative estimate of drug-likeness (QED) is 0.800. The number of H-pyrrole nitrogens is 1. The number of phosphoric acid groups is 1. The van der Waals surface area contributed by atoms with E-state index in [1.807, 2.05) is 4.98 Å². The molecule has 1 N–H and O–H groups in total. The summed E-state index contributed by atoms with van der Waals surface area (Å²) in [7, 11) is -3.92. The standard InChI is InChI=1S/C13H18FN2O7P/c1-7(2)22-24(19)20-6-8-10(23-24)13(3,14)11(21-8)16-5-4-9(17)15-12(16)18/h4-5,7-8,10-11H,6H2,1-3H3,(H,15,17,18)/t8-,10?,11-,13-,24?/m1/s1. The zero-order valence-corrected chi connectivity index (χ0v) is 14.2. The molecule has 9 nitrogen and oxygen atoms in total. The molecule has 1 aromatic heterocycles. The highest BCUT2D eigenvalue weighted by atomic mass is 31.2. The van der Waals surface area contributed by atoms with Crippen LogP contribution in [-0.4, -0.2) is 40.1 Å². The molecule has 0 radical (unpaired) electrons. The Morgan fingerprint density at radius 1 is 1.50 bits per heavy atom. The number of aromatic nitrogens is 2. The van der Waals surface area contributed by atoms with Crippen molar-refractivity contribution in [2.45, 2.75) is 51.0 Å². The van der Waals surface area contributed by atoms with Gasteiger partial charge in [0.05, 0.1) is 12.7 Å². The first-order valence-corrected chi connectivity index (χ1v) is 8.86. The van der Waals surface area contributed by atoms with Crippen molar-refractivity contribution in [2.24, 2.45) is 0 Å². The number of hydrogen-bond donors (Lipinski definition) is 1. The highest BCUT2D eigenvalue weighted by molar-refractivity contribution is 7.48. The summed E-state index contributed by atoms with van der Waals surface area (Å²) < 4.78 is 49.7. The van der Waals surface area contributed by atoms with Crippen LogP contribution in [0.25, 0.3) is 0 Å². The highest BCUT2D eigenvalue weighted by Crippen LogP contribution is 2.59. The summed E-state index contributed by atoms with van der Waals surface area (Å²) in [5, 5.41) is 0. The van der Waals surface area contributed by atoms with E-state index in [-0.39, 0.29) is 6.61 Å². The van der Waals surface area contributed by atoms with Gasteiger partial charge < -0.3 is 4.74 Å². The molecule has 0 saturated carbocycles. The van der Waals surface area contributed by atoms with E-state index in [9.17, 15) is 14.2 Å². The van der Waals surface area contributed by atoms with E-state index in [1.165, 1.54) is 6.92 Å². The van der Waals surface area contributed by atoms with Gasteiger partial charge in [-0.1, -0.05) is 0 Å². The summed E-state index contributed by atoms with van der Waals surface area (Å²) in [4.78, 5) is 25.1. The van der Waals surface area contributed by atoms with Gasteiger partial charge in [0.1, 0.15) is 12.2 Å². The van der Waals surface area contributed by atoms with Gasteiger partial charge in [-0.2, -0.15) is 0 Å². The third kappa shape index (κ3) is 3.00. The first-order chi connectivity index (χ1) is 11.1. The minimum Gasteiger partial charge on any atom is -0.346 e. The summed E-state index contributed by atoms with van der Waals surface area (Å²) in [6, 6.07) is 1.08. The van der Waals surface area contributed by atoms with Crippen molar-refractivity contribution in [3.05, 3.63) is 33.1 Å². The second-order valence-electron chi connectivity index (χ2n) is 6.12. The fourth-order valence-electron chi connectivity index (χ4n) is 2.77. The van der Waals surface area contributed by atoms with Crippen molar-refractivity contribution in [2.75, 3.05) is 6.61 Å². The molecule has 24 heavy (non-hydrogen) atoms. The molecule has 0 aromatic carbocycles. The van der Waals surface area contributed by atoms with E-state index in [0.717, 1.165) is 16.8 Å². The Balaban J connectivity index is 1.91. The van der Waals surface area contributed by atoms with Crippen molar-refractivity contribution in [1.29, 1.82) is 0 Å². The van der Waals surface area contributed by atoms with Gasteiger partial charge >= 0.3 is 13.5 Å². The Kier molecular flexibility index (Phi) is 4.29. The maximum Gasteiger partial charge on any atom is 0.475 e. The first kappa shape index (κ1) is 17.5. The van der Waals surface area contributed by atoms with Gasteiger partial charge in [-0.15, -0.1) is 0 Å². The van der Waals surface area contributed by atoms with Crippen molar-refractivity contribution >= 4 is 7.82 Å². The van der Waals surface area contributed by atoms with Gasteiger partial charge in [-0.05, 0) is 20.8 Å². The van der Waals surface area contributed by atoms with Gasteiger partial charge in [0.15, 0.2) is 11.9 Å². The Morgan fingerprint density at radius 3 is 2.83 bits per heavy atom. The molecular weight excluding hydrogens is 346 g/mol. The molecule has 0 spiro atoms. The van der Waals surface area contributed by atoms with Crippen molar-refractivity contribution in [3.8, 4) is 0 Å². The Hall–Kier alpha value is -1.32. The number of halogens is 1. The van der Waals surface area contributed by atoms with Crippen molar-refractivity contribution in [3.63, 3.8) is 0 Å². The number of nitrogens with one attached hydrogen (secondary N) is 1. The number of nitrogens with zero attached hydrogens (tertiary/aromatic N) is 1. The topological polar surface area (TPSA) is 109 Å². The van der Waals surface area contributed by atoms with E-state index < -0.39 is 49.3 Å². The third-order valence-electron chi connectivity index (χ3n) is 3.76. The number of rotatable bonds is 3. The molecule has 5 atom stereocenters. The number of alkyl halides is 1. The summed E-state index contributed by atoms with van der Waals surface area (Å²) in [5.74, 6) is 0. The lowest BCUT2D eigenvalue weighted by Gasteiger charge is -2.34. The van der Waals surface area contributed by atoms with Gasteiger partial charge in [-0.3, -0.25) is 27.9 Å². The summed E-state index contributed by atoms with van der Waals surface area (Å²) in [6.45, 7) is 4.25. The molecule has 134 valence electrons. The van der Waals surface area contributed by atoms with E-state index >= 15 is 4.39 Å². The summed E-state index contributed by atoms with van der Waals surface area (Å²) >= 11 is 0. The van der Waals surface area contributed by atoms with Crippen LogP contribution in [0.4, 0.5) is 4.39 Å². The zero-order valence-electron chi connectivity index (χ0n) is 13.3. The van der Waals surface area contributed by atoms with E-state index in [0.29, 0.717) is 0 Å². The number of ether oxygens (including phenoxy) is 1. The van der Waals surface area contributed by atoms with Crippen LogP contribution in [0.3, 0.4) is 0 Å². The first-order valence-electron chi connectivity index (χ1n) is 7.39. The van der Waals surface area contributed by atoms with Crippen LogP contribution < -0.4 is 11.2 Å². The van der Waals surface area contributed by atoms with Crippen LogP contribution in [0.15, 0.2) is 21.9 Å². The molecule has 2 aliphatic heterocycles. The fraction of sp³-hybridized carbons (Fsp3) is 0.692. The molecule has 3 rings (SSSR count). The van der Waals surface area contributed by atoms with Crippen molar-refractivity contribution in [1.82, 2.24) is 9.55 Å². The van der Waals surface area contributed by atoms with E-state index in [1.54, 1.807) is 13.8 Å². The maximum atomic E-state index is 15.3. The molecule has 11 heteroatoms. The number of aromatic amines is 1. The Labute approximate surface area is 136 Å². The molecule has 0 aliphatic carbocycles. The van der Waals surface area contributed by atoms with Crippen LogP contribution in [0, 0.1) is 0 Å². The monoisotopic (exact) mass is 364 g/mol. The average molecular weight is 364 g/mol. The predicted octanol–water partition coefficient (Wildman–Crippen LogP) is 1.11. The molecule has 2 unspecified atom stereocenters. The molecule has 3 heterocycles. The van der Waals surface area contributed by atoms with Crippen LogP contribution in [0.1, 0.15) is 27.0 Å². The molecule has 1 aromatic rings. The lowest BCUT2D eigenvalue weighted by molar-refractivity contribution is -0.0749. The molecule has 0 amide bonds. The zero-order chi connectivity index (χ0) is 17.7. The largest absolute Gasteiger partial charge is 0.475 e. The molecule has 2 aliphatic rings. The number of fused-ring (bicyclic) bond motifs is 1. The Morgan fingerprint density at radius 2 is 2.21 bits per heavy atom. The fourth-order valence-corrected chi connectivity index (χ4v) is 4.41. The van der Waals surface area contributed by atoms with E-state index in [4.69, 9.17) is 18.3 Å². The SMILES string of the molecule is CC(C)OP1(=O)OC[C@H]2O[C@@H](n3ccc(=O)[nH]c3=O)[C@](C)(F)C2O1. The average Bonchev–Trinajstić information content (AvgIpc) is 2.69. The second-order valence-corrected chi connectivity index (χ2v) is 7.69. The predicted molar refractivity (Wildman–Crippen MR) is 79.4 cm³/mol. The summed E-state index contributed by atoms with van der Waals surface area (Å²) in [6.07, 6.45) is -2.81. The number of phosphoric ester groups is 1. The number of hydrogen-bond acceptors (Lipinski definition) is 7. The van der Waals surface area contributed by atoms with Gasteiger partial charge in [0, 0.05) is 12.3 Å². The van der Waals surface area contributed by atoms with Crippen LogP contribution in [0.2, 0.25) is 0 Å². The van der Waals surface area contributed by atoms with Gasteiger partial charge in [-0.25, -0.2) is 13.8 Å². The van der Waals surface area contributed by atoms with Crippen LogP contribution >= 0.6 is 7.82 Å². The normalized spacial score (nSPS) is 39.1.